The molecule has 0 N–H and O–H groups in total. The molecule has 2 aliphatic rings. The highest BCUT2D eigenvalue weighted by atomic mass is 15.4. The lowest BCUT2D eigenvalue weighted by atomic mass is 9.95. The maximum atomic E-state index is 4.60. The van der Waals surface area contributed by atoms with Gasteiger partial charge >= 0.3 is 0 Å². The molecule has 0 bridgehead atoms. The standard InChI is InChI=1S/C18H23N7/c1-13-4-5-17-20-21-18(25(17)22-13)14-6-9-23(10-7-14)12-15-11-19-24-8-2-3-16(15)24/h4-5,11,14H,2-3,6-10,12H2,1H3. The number of rotatable bonds is 3. The van der Waals surface area contributed by atoms with Gasteiger partial charge in [-0.1, -0.05) is 0 Å². The summed E-state index contributed by atoms with van der Waals surface area (Å²) >= 11 is 0. The molecule has 1 fully saturated rings. The third kappa shape index (κ3) is 2.63. The number of aryl methyl sites for hydroxylation is 2. The molecule has 2 aliphatic heterocycles. The van der Waals surface area contributed by atoms with Crippen molar-refractivity contribution in [3.05, 3.63) is 41.1 Å². The van der Waals surface area contributed by atoms with Gasteiger partial charge in [0.05, 0.1) is 11.9 Å². The monoisotopic (exact) mass is 337 g/mol. The van der Waals surface area contributed by atoms with Crippen LogP contribution in [-0.4, -0.2) is 47.6 Å². The predicted molar refractivity (Wildman–Crippen MR) is 93.3 cm³/mol. The molecular formula is C18H23N7. The van der Waals surface area contributed by atoms with Crippen LogP contribution < -0.4 is 0 Å². The first-order chi connectivity index (χ1) is 12.3. The molecule has 0 radical (unpaired) electrons. The van der Waals surface area contributed by atoms with E-state index in [0.717, 1.165) is 56.2 Å². The minimum atomic E-state index is 0.443. The molecule has 3 aromatic heterocycles. The lowest BCUT2D eigenvalue weighted by molar-refractivity contribution is 0.200. The molecule has 0 saturated carbocycles. The molecule has 0 aliphatic carbocycles. The molecule has 0 amide bonds. The van der Waals surface area contributed by atoms with Gasteiger partial charge in [0.25, 0.3) is 0 Å². The van der Waals surface area contributed by atoms with Crippen molar-refractivity contribution in [2.45, 2.75) is 51.6 Å². The summed E-state index contributed by atoms with van der Waals surface area (Å²) in [7, 11) is 0. The smallest absolute Gasteiger partial charge is 0.177 e. The first-order valence-electron chi connectivity index (χ1n) is 9.23. The van der Waals surface area contributed by atoms with Crippen LogP contribution >= 0.6 is 0 Å². The average molecular weight is 337 g/mol. The normalized spacial score (nSPS) is 18.9. The summed E-state index contributed by atoms with van der Waals surface area (Å²) in [5.74, 6) is 1.46. The van der Waals surface area contributed by atoms with Gasteiger partial charge in [0.15, 0.2) is 11.5 Å². The lowest BCUT2D eigenvalue weighted by Crippen LogP contribution is -2.33. The Labute approximate surface area is 146 Å². The predicted octanol–water partition coefficient (Wildman–Crippen LogP) is 1.96. The fourth-order valence-corrected chi connectivity index (χ4v) is 4.20. The van der Waals surface area contributed by atoms with Gasteiger partial charge in [0.1, 0.15) is 0 Å². The molecule has 3 aromatic rings. The molecule has 130 valence electrons. The Balaban J connectivity index is 1.28. The van der Waals surface area contributed by atoms with E-state index in [-0.39, 0.29) is 0 Å². The van der Waals surface area contributed by atoms with Gasteiger partial charge in [0.2, 0.25) is 0 Å². The average Bonchev–Trinajstić information content (AvgIpc) is 3.32. The minimum Gasteiger partial charge on any atom is -0.299 e. The van der Waals surface area contributed by atoms with Gasteiger partial charge < -0.3 is 0 Å². The van der Waals surface area contributed by atoms with Gasteiger partial charge in [-0.2, -0.15) is 14.7 Å². The number of hydrogen-bond acceptors (Lipinski definition) is 5. The summed E-state index contributed by atoms with van der Waals surface area (Å²) in [4.78, 5) is 2.55. The van der Waals surface area contributed by atoms with Crippen molar-refractivity contribution in [1.29, 1.82) is 0 Å². The van der Waals surface area contributed by atoms with Crippen molar-refractivity contribution in [1.82, 2.24) is 34.5 Å². The van der Waals surface area contributed by atoms with Crippen LogP contribution in [0.2, 0.25) is 0 Å². The molecule has 25 heavy (non-hydrogen) atoms. The maximum absolute atomic E-state index is 4.60. The van der Waals surface area contributed by atoms with E-state index in [4.69, 9.17) is 0 Å². The first-order valence-corrected chi connectivity index (χ1v) is 9.23. The van der Waals surface area contributed by atoms with Crippen LogP contribution in [0.25, 0.3) is 5.65 Å². The largest absolute Gasteiger partial charge is 0.299 e. The van der Waals surface area contributed by atoms with Crippen LogP contribution in [-0.2, 0) is 19.5 Å². The summed E-state index contributed by atoms with van der Waals surface area (Å²) in [5, 5.41) is 17.8. The van der Waals surface area contributed by atoms with Crippen LogP contribution in [0.4, 0.5) is 0 Å². The maximum Gasteiger partial charge on any atom is 0.177 e. The van der Waals surface area contributed by atoms with Gasteiger partial charge in [-0.3, -0.25) is 9.58 Å². The van der Waals surface area contributed by atoms with Crippen LogP contribution in [0.5, 0.6) is 0 Å². The molecule has 1 saturated heterocycles. The van der Waals surface area contributed by atoms with Gasteiger partial charge in [0, 0.05) is 30.3 Å². The van der Waals surface area contributed by atoms with Gasteiger partial charge in [-0.15, -0.1) is 10.2 Å². The Morgan fingerprint density at radius 2 is 2.00 bits per heavy atom. The lowest BCUT2D eigenvalue weighted by Gasteiger charge is -2.30. The highest BCUT2D eigenvalue weighted by molar-refractivity contribution is 5.36. The SMILES string of the molecule is Cc1ccc2nnc(C3CCN(Cc4cnn5c4CCC5)CC3)n2n1. The second-order valence-electron chi connectivity index (χ2n) is 7.30. The van der Waals surface area contributed by atoms with Crippen LogP contribution in [0.15, 0.2) is 18.3 Å². The van der Waals surface area contributed by atoms with E-state index in [9.17, 15) is 0 Å². The minimum absolute atomic E-state index is 0.443. The molecule has 0 atom stereocenters. The van der Waals surface area contributed by atoms with Crippen molar-refractivity contribution in [2.24, 2.45) is 0 Å². The van der Waals surface area contributed by atoms with Crippen LogP contribution in [0, 0.1) is 6.92 Å². The Morgan fingerprint density at radius 3 is 2.88 bits per heavy atom. The fraction of sp³-hybridized carbons (Fsp3) is 0.556. The van der Waals surface area contributed by atoms with E-state index in [2.05, 4.69) is 36.2 Å². The van der Waals surface area contributed by atoms with E-state index >= 15 is 0 Å². The van der Waals surface area contributed by atoms with Crippen molar-refractivity contribution in [3.63, 3.8) is 0 Å². The summed E-state index contributed by atoms with van der Waals surface area (Å²) in [6, 6.07) is 3.98. The quantitative estimate of drug-likeness (QED) is 0.731. The summed E-state index contributed by atoms with van der Waals surface area (Å²) in [6.07, 6.45) is 6.71. The number of aromatic nitrogens is 6. The topological polar surface area (TPSA) is 64.1 Å². The zero-order valence-electron chi connectivity index (χ0n) is 14.6. The van der Waals surface area contributed by atoms with E-state index in [1.165, 1.54) is 24.1 Å². The molecule has 0 spiro atoms. The molecule has 0 aromatic carbocycles. The van der Waals surface area contributed by atoms with Gasteiger partial charge in [-0.05, 0) is 57.8 Å². The Morgan fingerprint density at radius 1 is 1.12 bits per heavy atom. The van der Waals surface area contributed by atoms with Crippen molar-refractivity contribution >= 4 is 5.65 Å². The Hall–Kier alpha value is -2.28. The number of nitrogens with zero attached hydrogens (tertiary/aromatic N) is 7. The molecule has 5 rings (SSSR count). The van der Waals surface area contributed by atoms with Crippen molar-refractivity contribution in [2.75, 3.05) is 13.1 Å². The van der Waals surface area contributed by atoms with Gasteiger partial charge in [-0.25, -0.2) is 0 Å². The Bertz CT molecular complexity index is 901. The third-order valence-corrected chi connectivity index (χ3v) is 5.59. The second-order valence-corrected chi connectivity index (χ2v) is 7.30. The first kappa shape index (κ1) is 15.0. The summed E-state index contributed by atoms with van der Waals surface area (Å²) < 4.78 is 4.11. The van der Waals surface area contributed by atoms with Crippen molar-refractivity contribution in [3.8, 4) is 0 Å². The third-order valence-electron chi connectivity index (χ3n) is 5.59. The van der Waals surface area contributed by atoms with E-state index < -0.39 is 0 Å². The second kappa shape index (κ2) is 5.91. The number of piperidine rings is 1. The molecule has 7 heteroatoms. The molecule has 5 heterocycles. The van der Waals surface area contributed by atoms with Crippen molar-refractivity contribution < 1.29 is 0 Å². The molecular weight excluding hydrogens is 314 g/mol. The fourth-order valence-electron chi connectivity index (χ4n) is 4.20. The zero-order chi connectivity index (χ0) is 16.8. The van der Waals surface area contributed by atoms with E-state index in [0.29, 0.717) is 5.92 Å². The molecule has 7 nitrogen and oxygen atoms in total. The van der Waals surface area contributed by atoms with E-state index in [1.54, 1.807) is 0 Å². The van der Waals surface area contributed by atoms with E-state index in [1.807, 2.05) is 23.6 Å². The highest BCUT2D eigenvalue weighted by Gasteiger charge is 2.26. The number of fused-ring (bicyclic) bond motifs is 2. The zero-order valence-corrected chi connectivity index (χ0v) is 14.6. The Kier molecular flexibility index (Phi) is 3.55. The number of hydrogen-bond donors (Lipinski definition) is 0. The summed E-state index contributed by atoms with van der Waals surface area (Å²) in [6.45, 7) is 6.31. The molecule has 0 unspecified atom stereocenters. The summed E-state index contributed by atoms with van der Waals surface area (Å²) in [5.41, 5.74) is 4.71. The highest BCUT2D eigenvalue weighted by Crippen LogP contribution is 2.28. The van der Waals surface area contributed by atoms with Crippen LogP contribution in [0.1, 0.15) is 48.0 Å². The number of likely N-dealkylation sites (tertiary alicyclic amines) is 1. The van der Waals surface area contributed by atoms with Crippen LogP contribution in [0.3, 0.4) is 0 Å².